The zero-order valence-corrected chi connectivity index (χ0v) is 15.7. The number of aliphatic hydroxyl groups excluding tert-OH is 1. The summed E-state index contributed by atoms with van der Waals surface area (Å²) in [4.78, 5) is 12.3. The Bertz CT molecular complexity index is 932. The molecule has 6 heteroatoms. The molecule has 1 atom stereocenters. The highest BCUT2D eigenvalue weighted by atomic mass is 35.5. The zero-order chi connectivity index (χ0) is 19.2. The van der Waals surface area contributed by atoms with E-state index in [4.69, 9.17) is 27.9 Å². The summed E-state index contributed by atoms with van der Waals surface area (Å²) in [5.41, 5.74) is 1.66. The van der Waals surface area contributed by atoms with Crippen LogP contribution in [-0.2, 0) is 4.79 Å². The average molecular weight is 402 g/mol. The van der Waals surface area contributed by atoms with E-state index >= 15 is 0 Å². The summed E-state index contributed by atoms with van der Waals surface area (Å²) in [6.07, 6.45) is -0.926. The SMILES string of the molecule is O=C(COc1ccccc1Cl)Nc1ccc(Cl)cc1[C@@H](O)c1ccccc1. The number of nitrogens with one attached hydrogen (secondary N) is 1. The van der Waals surface area contributed by atoms with Crippen molar-refractivity contribution in [3.8, 4) is 5.75 Å². The lowest BCUT2D eigenvalue weighted by Crippen LogP contribution is -2.21. The van der Waals surface area contributed by atoms with Crippen molar-refractivity contribution in [3.05, 3.63) is 94.0 Å². The lowest BCUT2D eigenvalue weighted by Gasteiger charge is -2.17. The monoisotopic (exact) mass is 401 g/mol. The molecule has 0 aliphatic heterocycles. The molecule has 0 unspecified atom stereocenters. The molecule has 0 aliphatic carbocycles. The number of hydrogen-bond acceptors (Lipinski definition) is 3. The van der Waals surface area contributed by atoms with Crippen molar-refractivity contribution in [2.24, 2.45) is 0 Å². The fourth-order valence-electron chi connectivity index (χ4n) is 2.58. The Balaban J connectivity index is 1.75. The minimum Gasteiger partial charge on any atom is -0.482 e. The predicted octanol–water partition coefficient (Wildman–Crippen LogP) is 5.09. The summed E-state index contributed by atoms with van der Waals surface area (Å²) in [6, 6.07) is 21.0. The second-order valence-corrected chi connectivity index (χ2v) is 6.66. The molecule has 4 nitrogen and oxygen atoms in total. The van der Waals surface area contributed by atoms with Crippen LogP contribution in [0.1, 0.15) is 17.2 Å². The van der Waals surface area contributed by atoms with Gasteiger partial charge in [0.15, 0.2) is 6.61 Å². The number of rotatable bonds is 6. The van der Waals surface area contributed by atoms with Gasteiger partial charge in [-0.2, -0.15) is 0 Å². The molecule has 3 rings (SSSR count). The zero-order valence-electron chi connectivity index (χ0n) is 14.2. The van der Waals surface area contributed by atoms with Crippen molar-refractivity contribution < 1.29 is 14.6 Å². The van der Waals surface area contributed by atoms with Crippen molar-refractivity contribution in [1.29, 1.82) is 0 Å². The third kappa shape index (κ3) is 5.01. The van der Waals surface area contributed by atoms with E-state index in [1.165, 1.54) is 0 Å². The molecule has 2 N–H and O–H groups in total. The largest absolute Gasteiger partial charge is 0.482 e. The molecule has 27 heavy (non-hydrogen) atoms. The van der Waals surface area contributed by atoms with Gasteiger partial charge in [0.1, 0.15) is 11.9 Å². The number of ether oxygens (including phenoxy) is 1. The predicted molar refractivity (Wildman–Crippen MR) is 108 cm³/mol. The smallest absolute Gasteiger partial charge is 0.262 e. The van der Waals surface area contributed by atoms with E-state index in [1.54, 1.807) is 54.6 Å². The van der Waals surface area contributed by atoms with E-state index in [2.05, 4.69) is 5.32 Å². The summed E-state index contributed by atoms with van der Waals surface area (Å²) in [6.45, 7) is -0.215. The molecule has 0 heterocycles. The summed E-state index contributed by atoms with van der Waals surface area (Å²) in [5.74, 6) is 0.0497. The standard InChI is InChI=1S/C21H17Cl2NO3/c22-15-10-11-18(16(12-15)21(26)14-6-2-1-3-7-14)24-20(25)13-27-19-9-5-4-8-17(19)23/h1-12,21,26H,13H2,(H,24,25)/t21-/m0/s1. The normalized spacial score (nSPS) is 11.7. The number of para-hydroxylation sites is 1. The Hall–Kier alpha value is -2.53. The van der Waals surface area contributed by atoms with Gasteiger partial charge in [0.25, 0.3) is 5.91 Å². The number of aliphatic hydroxyl groups is 1. The Morgan fingerprint density at radius 1 is 1.00 bits per heavy atom. The van der Waals surface area contributed by atoms with Crippen LogP contribution in [-0.4, -0.2) is 17.6 Å². The summed E-state index contributed by atoms with van der Waals surface area (Å²) < 4.78 is 5.45. The first-order valence-corrected chi connectivity index (χ1v) is 9.00. The highest BCUT2D eigenvalue weighted by molar-refractivity contribution is 6.32. The average Bonchev–Trinajstić information content (AvgIpc) is 2.69. The molecule has 0 aromatic heterocycles. The number of halogens is 2. The second-order valence-electron chi connectivity index (χ2n) is 5.81. The van der Waals surface area contributed by atoms with Crippen LogP contribution in [0.25, 0.3) is 0 Å². The van der Waals surface area contributed by atoms with Crippen LogP contribution >= 0.6 is 23.2 Å². The number of benzene rings is 3. The van der Waals surface area contributed by atoms with E-state index in [0.717, 1.165) is 0 Å². The summed E-state index contributed by atoms with van der Waals surface area (Å²) >= 11 is 12.1. The number of carbonyl (C=O) groups is 1. The summed E-state index contributed by atoms with van der Waals surface area (Å²) in [5, 5.41) is 14.3. The maximum Gasteiger partial charge on any atom is 0.262 e. The highest BCUT2D eigenvalue weighted by Crippen LogP contribution is 2.31. The molecular weight excluding hydrogens is 385 g/mol. The van der Waals surface area contributed by atoms with Gasteiger partial charge in [-0.05, 0) is 35.9 Å². The van der Waals surface area contributed by atoms with Gasteiger partial charge in [-0.1, -0.05) is 65.7 Å². The first-order chi connectivity index (χ1) is 13.0. The quantitative estimate of drug-likeness (QED) is 0.604. The lowest BCUT2D eigenvalue weighted by molar-refractivity contribution is -0.118. The molecule has 0 radical (unpaired) electrons. The van der Waals surface area contributed by atoms with Crippen LogP contribution in [0.15, 0.2) is 72.8 Å². The maximum absolute atomic E-state index is 12.3. The third-order valence-corrected chi connectivity index (χ3v) is 4.44. The van der Waals surface area contributed by atoms with Gasteiger partial charge in [-0.3, -0.25) is 4.79 Å². The number of anilines is 1. The minimum atomic E-state index is -0.926. The van der Waals surface area contributed by atoms with Crippen LogP contribution in [0.5, 0.6) is 5.75 Å². The molecule has 3 aromatic rings. The van der Waals surface area contributed by atoms with Gasteiger partial charge in [-0.15, -0.1) is 0 Å². The molecule has 0 spiro atoms. The Kier molecular flexibility index (Phi) is 6.35. The van der Waals surface area contributed by atoms with Gasteiger partial charge < -0.3 is 15.2 Å². The van der Waals surface area contributed by atoms with Crippen molar-refractivity contribution in [3.63, 3.8) is 0 Å². The molecule has 0 bridgehead atoms. The van der Waals surface area contributed by atoms with Gasteiger partial charge in [0, 0.05) is 16.3 Å². The molecule has 0 aliphatic rings. The molecule has 138 valence electrons. The van der Waals surface area contributed by atoms with Crippen molar-refractivity contribution in [1.82, 2.24) is 0 Å². The number of amides is 1. The highest BCUT2D eigenvalue weighted by Gasteiger charge is 2.17. The van der Waals surface area contributed by atoms with E-state index < -0.39 is 6.10 Å². The van der Waals surface area contributed by atoms with E-state index in [9.17, 15) is 9.90 Å². The Morgan fingerprint density at radius 2 is 1.70 bits per heavy atom. The third-order valence-electron chi connectivity index (χ3n) is 3.89. The van der Waals surface area contributed by atoms with E-state index in [-0.39, 0.29) is 12.5 Å². The molecule has 1 amide bonds. The Labute approximate surface area is 167 Å². The second kappa shape index (κ2) is 8.91. The molecular formula is C21H17Cl2NO3. The molecule has 0 fully saturated rings. The van der Waals surface area contributed by atoms with Crippen LogP contribution < -0.4 is 10.1 Å². The van der Waals surface area contributed by atoms with Crippen LogP contribution in [0.3, 0.4) is 0 Å². The van der Waals surface area contributed by atoms with Crippen molar-refractivity contribution in [2.75, 3.05) is 11.9 Å². The van der Waals surface area contributed by atoms with E-state index in [1.807, 2.05) is 18.2 Å². The van der Waals surface area contributed by atoms with Gasteiger partial charge in [-0.25, -0.2) is 0 Å². The van der Waals surface area contributed by atoms with Gasteiger partial charge in [0.2, 0.25) is 0 Å². The van der Waals surface area contributed by atoms with Gasteiger partial charge in [0.05, 0.1) is 5.02 Å². The first-order valence-electron chi connectivity index (χ1n) is 8.24. The first kappa shape index (κ1) is 19.2. The van der Waals surface area contributed by atoms with Crippen LogP contribution in [0, 0.1) is 0 Å². The molecule has 0 saturated heterocycles. The Morgan fingerprint density at radius 3 is 2.44 bits per heavy atom. The van der Waals surface area contributed by atoms with Crippen LogP contribution in [0.4, 0.5) is 5.69 Å². The minimum absolute atomic E-state index is 0.215. The van der Waals surface area contributed by atoms with Gasteiger partial charge >= 0.3 is 0 Å². The number of hydrogen-bond donors (Lipinski definition) is 2. The van der Waals surface area contributed by atoms with Crippen LogP contribution in [0.2, 0.25) is 10.0 Å². The maximum atomic E-state index is 12.3. The number of carbonyl (C=O) groups excluding carboxylic acids is 1. The lowest BCUT2D eigenvalue weighted by atomic mass is 10.00. The van der Waals surface area contributed by atoms with E-state index in [0.29, 0.717) is 32.6 Å². The molecule has 0 saturated carbocycles. The summed E-state index contributed by atoms with van der Waals surface area (Å²) in [7, 11) is 0. The van der Waals surface area contributed by atoms with Crippen molar-refractivity contribution in [2.45, 2.75) is 6.10 Å². The fraction of sp³-hybridized carbons (Fsp3) is 0.0952. The topological polar surface area (TPSA) is 58.6 Å². The van der Waals surface area contributed by atoms with Crippen molar-refractivity contribution >= 4 is 34.8 Å². The molecule has 3 aromatic carbocycles. The fourth-order valence-corrected chi connectivity index (χ4v) is 2.95.